The second-order valence-electron chi connectivity index (χ2n) is 11.1. The quantitative estimate of drug-likeness (QED) is 0.217. The van der Waals surface area contributed by atoms with E-state index in [0.29, 0.717) is 0 Å². The van der Waals surface area contributed by atoms with Crippen molar-refractivity contribution in [2.45, 2.75) is 6.92 Å². The molecule has 2 heteroatoms. The van der Waals surface area contributed by atoms with E-state index in [9.17, 15) is 0 Å². The van der Waals surface area contributed by atoms with Crippen LogP contribution in [0.15, 0.2) is 152 Å². The Bertz CT molecular complexity index is 2060. The number of pyridine rings is 1. The molecular formula is C38H28BN. The van der Waals surface area contributed by atoms with Gasteiger partial charge in [0.05, 0.1) is 0 Å². The third-order valence-corrected chi connectivity index (χ3v) is 9.09. The summed E-state index contributed by atoms with van der Waals surface area (Å²) < 4.78 is 2.56. The minimum absolute atomic E-state index is 1.26. The maximum atomic E-state index is 2.56. The SMILES string of the molecule is CC1=C(c2ccc3ccccc3c2)[B-](c2ccc3ccccc3c2)(c2ccc3ccccc3c2)[n+]2ccccc21. The van der Waals surface area contributed by atoms with Crippen LogP contribution in [-0.2, 0) is 0 Å². The Kier molecular flexibility index (Phi) is 5.05. The van der Waals surface area contributed by atoms with Crippen LogP contribution in [-0.4, -0.2) is 6.28 Å². The Morgan fingerprint density at radius 1 is 0.450 bits per heavy atom. The first-order chi connectivity index (χ1) is 19.7. The van der Waals surface area contributed by atoms with Gasteiger partial charge in [-0.2, -0.15) is 0 Å². The Morgan fingerprint density at radius 3 is 1.50 bits per heavy atom. The van der Waals surface area contributed by atoms with Gasteiger partial charge in [-0.05, 0) is 56.9 Å². The van der Waals surface area contributed by atoms with Gasteiger partial charge < -0.3 is 4.48 Å². The van der Waals surface area contributed by atoms with Gasteiger partial charge >= 0.3 is 6.28 Å². The van der Waals surface area contributed by atoms with Crippen LogP contribution in [0.25, 0.3) is 43.4 Å². The first-order valence-corrected chi connectivity index (χ1v) is 14.1. The molecule has 0 radical (unpaired) electrons. The number of allylic oxidation sites excluding steroid dienone is 1. The molecule has 7 aromatic rings. The first kappa shape index (κ1) is 23.0. The Labute approximate surface area is 234 Å². The highest BCUT2D eigenvalue weighted by molar-refractivity contribution is 7.11. The molecule has 0 atom stereocenters. The number of benzene rings is 6. The Balaban J connectivity index is 1.53. The molecule has 0 saturated heterocycles. The molecule has 1 aliphatic heterocycles. The largest absolute Gasteiger partial charge is 0.408 e. The van der Waals surface area contributed by atoms with Gasteiger partial charge in [-0.1, -0.05) is 133 Å². The van der Waals surface area contributed by atoms with Crippen molar-refractivity contribution in [1.82, 2.24) is 0 Å². The molecule has 0 amide bonds. The zero-order chi connectivity index (χ0) is 26.7. The summed E-state index contributed by atoms with van der Waals surface area (Å²) in [5.74, 6) is 0. The van der Waals surface area contributed by atoms with Gasteiger partial charge in [-0.3, -0.25) is 0 Å². The molecule has 1 nitrogen and oxygen atoms in total. The van der Waals surface area contributed by atoms with Crippen molar-refractivity contribution >= 4 is 60.6 Å². The zero-order valence-electron chi connectivity index (χ0n) is 22.5. The number of hydrogen-bond acceptors (Lipinski definition) is 0. The van der Waals surface area contributed by atoms with Crippen LogP contribution in [0.3, 0.4) is 0 Å². The summed E-state index contributed by atoms with van der Waals surface area (Å²) in [5.41, 5.74) is 7.92. The highest BCUT2D eigenvalue weighted by Crippen LogP contribution is 2.38. The van der Waals surface area contributed by atoms with Crippen molar-refractivity contribution in [3.63, 3.8) is 0 Å². The predicted octanol–water partition coefficient (Wildman–Crippen LogP) is 7.53. The molecule has 0 unspecified atom stereocenters. The Hall–Kier alpha value is -4.95. The van der Waals surface area contributed by atoms with Crippen LogP contribution >= 0.6 is 0 Å². The van der Waals surface area contributed by atoms with Gasteiger partial charge in [0.15, 0.2) is 5.69 Å². The van der Waals surface area contributed by atoms with Crippen molar-refractivity contribution < 1.29 is 4.48 Å². The molecule has 0 saturated carbocycles. The Morgan fingerprint density at radius 2 is 0.925 bits per heavy atom. The summed E-state index contributed by atoms with van der Waals surface area (Å²) in [6, 6.07) is 53.9. The average Bonchev–Trinajstić information content (AvgIpc) is 3.29. The molecule has 1 aromatic heterocycles. The standard InChI is InChI=1S/C38H28BN/c1-27-37-16-8-9-23-40(37)39(35-21-19-29-11-3-6-14-32(29)25-35,36-22-20-30-12-4-7-15-33(30)26-36)38(27)34-18-17-28-10-2-5-13-31(28)24-34/h2-26H,1H3. The molecule has 0 aliphatic carbocycles. The van der Waals surface area contributed by atoms with Crippen LogP contribution in [0.4, 0.5) is 0 Å². The number of nitrogens with zero attached hydrogens (tertiary/aromatic N) is 1. The van der Waals surface area contributed by atoms with Crippen molar-refractivity contribution in [1.29, 1.82) is 0 Å². The van der Waals surface area contributed by atoms with E-state index in [1.165, 1.54) is 65.5 Å². The second-order valence-corrected chi connectivity index (χ2v) is 11.1. The zero-order valence-corrected chi connectivity index (χ0v) is 22.5. The van der Waals surface area contributed by atoms with Gasteiger partial charge in [0.25, 0.3) is 0 Å². The van der Waals surface area contributed by atoms with Crippen molar-refractivity contribution in [2.75, 3.05) is 0 Å². The fourth-order valence-electron chi connectivity index (χ4n) is 7.30. The second kappa shape index (κ2) is 8.79. The van der Waals surface area contributed by atoms with Gasteiger partial charge in [-0.25, -0.2) is 0 Å². The highest BCUT2D eigenvalue weighted by atomic mass is 14.9. The van der Waals surface area contributed by atoms with Crippen LogP contribution in [0, 0.1) is 0 Å². The number of rotatable bonds is 3. The van der Waals surface area contributed by atoms with Crippen molar-refractivity contribution in [3.05, 3.63) is 163 Å². The minimum atomic E-state index is -1.54. The molecule has 0 spiro atoms. The molecule has 6 aromatic carbocycles. The summed E-state index contributed by atoms with van der Waals surface area (Å²) in [5, 5.41) is 7.59. The number of hydrogen-bond donors (Lipinski definition) is 0. The summed E-state index contributed by atoms with van der Waals surface area (Å²) in [7, 11) is 0. The first-order valence-electron chi connectivity index (χ1n) is 14.1. The maximum absolute atomic E-state index is 2.56. The molecule has 1 aliphatic rings. The summed E-state index contributed by atoms with van der Waals surface area (Å²) in [4.78, 5) is 0. The summed E-state index contributed by atoms with van der Waals surface area (Å²) >= 11 is 0. The van der Waals surface area contributed by atoms with Crippen molar-refractivity contribution in [2.24, 2.45) is 0 Å². The van der Waals surface area contributed by atoms with E-state index < -0.39 is 6.28 Å². The minimum Gasteiger partial charge on any atom is -0.408 e. The summed E-state index contributed by atoms with van der Waals surface area (Å²) in [6.07, 6.45) is 0.746. The van der Waals surface area contributed by atoms with E-state index >= 15 is 0 Å². The molecule has 40 heavy (non-hydrogen) atoms. The third-order valence-electron chi connectivity index (χ3n) is 9.09. The molecule has 0 bridgehead atoms. The van der Waals surface area contributed by atoms with E-state index in [2.05, 4.69) is 163 Å². The lowest BCUT2D eigenvalue weighted by Gasteiger charge is -2.36. The lowest BCUT2D eigenvalue weighted by molar-refractivity contribution is -0.539. The molecule has 8 rings (SSSR count). The predicted molar refractivity (Wildman–Crippen MR) is 171 cm³/mol. The van der Waals surface area contributed by atoms with Gasteiger partial charge in [-0.15, -0.1) is 16.4 Å². The molecular weight excluding hydrogens is 481 g/mol. The van der Waals surface area contributed by atoms with Gasteiger partial charge in [0, 0.05) is 6.07 Å². The maximum Gasteiger partial charge on any atom is 0.361 e. The van der Waals surface area contributed by atoms with E-state index in [1.807, 2.05) is 0 Å². The van der Waals surface area contributed by atoms with Crippen LogP contribution < -0.4 is 15.4 Å². The van der Waals surface area contributed by atoms with E-state index in [0.717, 1.165) is 0 Å². The lowest BCUT2D eigenvalue weighted by atomic mass is 9.23. The summed E-state index contributed by atoms with van der Waals surface area (Å²) in [6.45, 7) is 2.31. The molecule has 188 valence electrons. The number of aromatic nitrogens is 1. The fourth-order valence-corrected chi connectivity index (χ4v) is 7.30. The van der Waals surface area contributed by atoms with Crippen LogP contribution in [0.5, 0.6) is 0 Å². The van der Waals surface area contributed by atoms with Crippen LogP contribution in [0.1, 0.15) is 18.2 Å². The molecule has 0 fully saturated rings. The topological polar surface area (TPSA) is 3.88 Å². The van der Waals surface area contributed by atoms with Crippen LogP contribution in [0.2, 0.25) is 0 Å². The van der Waals surface area contributed by atoms with E-state index in [4.69, 9.17) is 0 Å². The number of fused-ring (bicyclic) bond motifs is 4. The molecule has 0 N–H and O–H groups in total. The van der Waals surface area contributed by atoms with Gasteiger partial charge in [0.2, 0.25) is 0 Å². The van der Waals surface area contributed by atoms with Gasteiger partial charge in [0.1, 0.15) is 6.20 Å². The smallest absolute Gasteiger partial charge is 0.361 e. The van der Waals surface area contributed by atoms with E-state index in [-0.39, 0.29) is 0 Å². The lowest BCUT2D eigenvalue weighted by Crippen LogP contribution is -2.78. The monoisotopic (exact) mass is 509 g/mol. The third kappa shape index (κ3) is 3.26. The molecule has 2 heterocycles. The van der Waals surface area contributed by atoms with Crippen molar-refractivity contribution in [3.8, 4) is 0 Å². The highest BCUT2D eigenvalue weighted by Gasteiger charge is 2.50. The average molecular weight is 509 g/mol. The normalized spacial score (nSPS) is 14.2. The van der Waals surface area contributed by atoms with E-state index in [1.54, 1.807) is 0 Å². The fraction of sp³-hybridized carbons (Fsp3) is 0.0263.